The van der Waals surface area contributed by atoms with Gasteiger partial charge in [0.2, 0.25) is 0 Å². The molecule has 0 aliphatic heterocycles. The Morgan fingerprint density at radius 1 is 1.29 bits per heavy atom. The van der Waals surface area contributed by atoms with Crippen LogP contribution in [0.25, 0.3) is 10.9 Å². The van der Waals surface area contributed by atoms with Crippen molar-refractivity contribution >= 4 is 26.8 Å². The van der Waals surface area contributed by atoms with Crippen molar-refractivity contribution in [3.63, 3.8) is 0 Å². The number of hydrogen-bond acceptors (Lipinski definition) is 2. The normalized spacial score (nSPS) is 13.1. The Labute approximate surface area is 90.7 Å². The van der Waals surface area contributed by atoms with Crippen LogP contribution in [0.15, 0.2) is 34.8 Å². The molecule has 1 unspecified atom stereocenters. The lowest BCUT2D eigenvalue weighted by Gasteiger charge is -2.05. The minimum Gasteiger partial charge on any atom is -0.387 e. The first-order valence-corrected chi connectivity index (χ1v) is 5.21. The van der Waals surface area contributed by atoms with Gasteiger partial charge < -0.3 is 5.11 Å². The molecule has 0 spiro atoms. The minimum atomic E-state index is -0.522. The number of aliphatic hydroxyl groups is 1. The molecule has 0 saturated heterocycles. The average Bonchev–Trinajstić information content (AvgIpc) is 2.18. The number of para-hydroxylation sites is 1. The quantitative estimate of drug-likeness (QED) is 0.846. The molecule has 0 aliphatic rings. The first-order valence-electron chi connectivity index (χ1n) is 4.42. The van der Waals surface area contributed by atoms with E-state index >= 15 is 0 Å². The summed E-state index contributed by atoms with van der Waals surface area (Å²) in [5.41, 5.74) is 1.59. The number of hydrogen-bond donors (Lipinski definition) is 1. The van der Waals surface area contributed by atoms with Crippen molar-refractivity contribution in [2.24, 2.45) is 0 Å². The van der Waals surface area contributed by atoms with E-state index in [1.165, 1.54) is 0 Å². The smallest absolute Gasteiger partial charge is 0.0932 e. The number of fused-ring (bicyclic) bond motifs is 1. The Morgan fingerprint density at radius 3 is 2.79 bits per heavy atom. The van der Waals surface area contributed by atoms with E-state index in [4.69, 9.17) is 0 Å². The van der Waals surface area contributed by atoms with Crippen molar-refractivity contribution in [3.05, 3.63) is 40.5 Å². The number of benzene rings is 1. The lowest BCUT2D eigenvalue weighted by molar-refractivity contribution is 0.195. The Bertz CT molecular complexity index is 468. The van der Waals surface area contributed by atoms with Crippen molar-refractivity contribution in [2.45, 2.75) is 13.0 Å². The van der Waals surface area contributed by atoms with Gasteiger partial charge >= 0.3 is 0 Å². The van der Waals surface area contributed by atoms with Crippen molar-refractivity contribution in [1.82, 2.24) is 4.98 Å². The summed E-state index contributed by atoms with van der Waals surface area (Å²) in [5.74, 6) is 0. The third-order valence-electron chi connectivity index (χ3n) is 2.12. The summed E-state index contributed by atoms with van der Waals surface area (Å²) >= 11 is 3.44. The highest BCUT2D eigenvalue weighted by molar-refractivity contribution is 9.10. The van der Waals surface area contributed by atoms with Gasteiger partial charge in [-0.25, -0.2) is 4.98 Å². The van der Waals surface area contributed by atoms with Crippen molar-refractivity contribution in [1.29, 1.82) is 0 Å². The zero-order chi connectivity index (χ0) is 10.1. The highest BCUT2D eigenvalue weighted by atomic mass is 79.9. The van der Waals surface area contributed by atoms with Gasteiger partial charge in [0.15, 0.2) is 0 Å². The van der Waals surface area contributed by atoms with Gasteiger partial charge in [-0.05, 0) is 35.0 Å². The van der Waals surface area contributed by atoms with Crippen LogP contribution in [-0.2, 0) is 0 Å². The maximum Gasteiger partial charge on any atom is 0.0932 e. The molecule has 2 aromatic rings. The standard InChI is InChI=1S/C11H10BrNO/c1-7(14)10-6-5-8-3-2-4-9(12)11(8)13-10/h2-7,14H,1H3. The molecule has 1 aromatic heterocycles. The van der Waals surface area contributed by atoms with Crippen LogP contribution in [0.5, 0.6) is 0 Å². The monoisotopic (exact) mass is 251 g/mol. The van der Waals surface area contributed by atoms with Crippen LogP contribution in [0.3, 0.4) is 0 Å². The molecule has 0 bridgehead atoms. The van der Waals surface area contributed by atoms with Crippen LogP contribution in [0, 0.1) is 0 Å². The van der Waals surface area contributed by atoms with Crippen LogP contribution in [0.1, 0.15) is 18.7 Å². The molecule has 0 aliphatic carbocycles. The molecule has 1 aromatic carbocycles. The molecule has 1 atom stereocenters. The van der Waals surface area contributed by atoms with E-state index in [0.717, 1.165) is 15.4 Å². The summed E-state index contributed by atoms with van der Waals surface area (Å²) in [6, 6.07) is 9.73. The molecular formula is C11H10BrNO. The molecular weight excluding hydrogens is 242 g/mol. The summed E-state index contributed by atoms with van der Waals surface area (Å²) in [7, 11) is 0. The predicted molar refractivity (Wildman–Crippen MR) is 60.1 cm³/mol. The zero-order valence-corrected chi connectivity index (χ0v) is 9.32. The molecule has 1 heterocycles. The summed E-state index contributed by atoms with van der Waals surface area (Å²) in [6.45, 7) is 1.71. The fourth-order valence-electron chi connectivity index (χ4n) is 1.36. The summed E-state index contributed by atoms with van der Waals surface area (Å²) in [6.07, 6.45) is -0.522. The van der Waals surface area contributed by atoms with Gasteiger partial charge in [-0.2, -0.15) is 0 Å². The topological polar surface area (TPSA) is 33.1 Å². The van der Waals surface area contributed by atoms with E-state index in [9.17, 15) is 5.11 Å². The van der Waals surface area contributed by atoms with Crippen molar-refractivity contribution < 1.29 is 5.11 Å². The Kier molecular flexibility index (Phi) is 2.52. The van der Waals surface area contributed by atoms with E-state index in [1.807, 2.05) is 30.3 Å². The second kappa shape index (κ2) is 3.67. The lowest BCUT2D eigenvalue weighted by atomic mass is 10.2. The predicted octanol–water partition coefficient (Wildman–Crippen LogP) is 3.05. The summed E-state index contributed by atoms with van der Waals surface area (Å²) in [5, 5.41) is 10.5. The molecule has 2 rings (SSSR count). The molecule has 1 N–H and O–H groups in total. The Hall–Kier alpha value is -0.930. The second-order valence-corrected chi connectivity index (χ2v) is 4.08. The molecule has 72 valence electrons. The second-order valence-electron chi connectivity index (χ2n) is 3.22. The minimum absolute atomic E-state index is 0.522. The lowest BCUT2D eigenvalue weighted by Crippen LogP contribution is -1.95. The van der Waals surface area contributed by atoms with Crippen LogP contribution >= 0.6 is 15.9 Å². The number of nitrogens with zero attached hydrogens (tertiary/aromatic N) is 1. The fourth-order valence-corrected chi connectivity index (χ4v) is 1.83. The number of pyridine rings is 1. The highest BCUT2D eigenvalue weighted by Gasteiger charge is 2.05. The van der Waals surface area contributed by atoms with Gasteiger partial charge in [0.25, 0.3) is 0 Å². The number of halogens is 1. The first kappa shape index (κ1) is 9.62. The van der Waals surface area contributed by atoms with Crippen LogP contribution in [-0.4, -0.2) is 10.1 Å². The van der Waals surface area contributed by atoms with Crippen molar-refractivity contribution in [2.75, 3.05) is 0 Å². The van der Waals surface area contributed by atoms with Gasteiger partial charge in [-0.1, -0.05) is 18.2 Å². The molecule has 0 fully saturated rings. The van der Waals surface area contributed by atoms with Crippen LogP contribution < -0.4 is 0 Å². The number of rotatable bonds is 1. The summed E-state index contributed by atoms with van der Waals surface area (Å²) in [4.78, 5) is 4.38. The van der Waals surface area contributed by atoms with Gasteiger partial charge in [0, 0.05) is 9.86 Å². The van der Waals surface area contributed by atoms with E-state index in [-0.39, 0.29) is 0 Å². The molecule has 0 amide bonds. The van der Waals surface area contributed by atoms with E-state index in [2.05, 4.69) is 20.9 Å². The Balaban J connectivity index is 2.70. The maximum absolute atomic E-state index is 9.40. The van der Waals surface area contributed by atoms with Gasteiger partial charge in [-0.15, -0.1) is 0 Å². The van der Waals surface area contributed by atoms with E-state index in [0.29, 0.717) is 5.69 Å². The van der Waals surface area contributed by atoms with Gasteiger partial charge in [0.05, 0.1) is 17.3 Å². The largest absolute Gasteiger partial charge is 0.387 e. The maximum atomic E-state index is 9.40. The number of aromatic nitrogens is 1. The SMILES string of the molecule is CC(O)c1ccc2cccc(Br)c2n1. The highest BCUT2D eigenvalue weighted by Crippen LogP contribution is 2.23. The van der Waals surface area contributed by atoms with Gasteiger partial charge in [-0.3, -0.25) is 0 Å². The van der Waals surface area contributed by atoms with Gasteiger partial charge in [0.1, 0.15) is 0 Å². The summed E-state index contributed by atoms with van der Waals surface area (Å²) < 4.78 is 0.956. The van der Waals surface area contributed by atoms with E-state index < -0.39 is 6.10 Å². The van der Waals surface area contributed by atoms with Crippen molar-refractivity contribution in [3.8, 4) is 0 Å². The van der Waals surface area contributed by atoms with Crippen LogP contribution in [0.2, 0.25) is 0 Å². The Morgan fingerprint density at radius 2 is 2.07 bits per heavy atom. The average molecular weight is 252 g/mol. The van der Waals surface area contributed by atoms with E-state index in [1.54, 1.807) is 6.92 Å². The zero-order valence-electron chi connectivity index (χ0n) is 7.74. The molecule has 2 nitrogen and oxygen atoms in total. The molecule has 14 heavy (non-hydrogen) atoms. The fraction of sp³-hybridized carbons (Fsp3) is 0.182. The molecule has 0 saturated carbocycles. The molecule has 3 heteroatoms. The third kappa shape index (κ3) is 1.65. The molecule has 0 radical (unpaired) electrons. The first-order chi connectivity index (χ1) is 6.68. The third-order valence-corrected chi connectivity index (χ3v) is 2.76. The number of aliphatic hydroxyl groups excluding tert-OH is 1. The van der Waals surface area contributed by atoms with Crippen LogP contribution in [0.4, 0.5) is 0 Å².